The van der Waals surface area contributed by atoms with Gasteiger partial charge in [-0.3, -0.25) is 4.79 Å². The van der Waals surface area contributed by atoms with Crippen molar-refractivity contribution in [3.8, 4) is 0 Å². The Kier molecular flexibility index (Phi) is 4.68. The van der Waals surface area contributed by atoms with Gasteiger partial charge in [-0.1, -0.05) is 6.92 Å². The zero-order valence-electron chi connectivity index (χ0n) is 10.0. The summed E-state index contributed by atoms with van der Waals surface area (Å²) in [5.41, 5.74) is -0.220. The summed E-state index contributed by atoms with van der Waals surface area (Å²) in [5.74, 6) is 0.182. The van der Waals surface area contributed by atoms with E-state index >= 15 is 0 Å². The lowest BCUT2D eigenvalue weighted by molar-refractivity contribution is 0.602. The van der Waals surface area contributed by atoms with Crippen LogP contribution in [0.2, 0.25) is 0 Å². The molecule has 0 spiro atoms. The largest absolute Gasteiger partial charge is 0.364 e. The lowest BCUT2D eigenvalue weighted by atomic mass is 10.4. The quantitative estimate of drug-likeness (QED) is 0.784. The van der Waals surface area contributed by atoms with Crippen LogP contribution in [0.25, 0.3) is 0 Å². The molecule has 6 nitrogen and oxygen atoms in total. The van der Waals surface area contributed by atoms with E-state index in [2.05, 4.69) is 10.3 Å². The number of anilines is 1. The summed E-state index contributed by atoms with van der Waals surface area (Å²) in [6.45, 7) is 2.79. The van der Waals surface area contributed by atoms with Gasteiger partial charge in [0, 0.05) is 31.7 Å². The molecule has 7 heteroatoms. The second kappa shape index (κ2) is 5.81. The lowest BCUT2D eigenvalue weighted by Gasteiger charge is -2.07. The van der Waals surface area contributed by atoms with Crippen LogP contribution in [-0.4, -0.2) is 36.5 Å². The number of sulfone groups is 1. The van der Waals surface area contributed by atoms with Crippen molar-refractivity contribution < 1.29 is 8.42 Å². The molecule has 1 aromatic heterocycles. The SMILES string of the molecule is CCCn1ccnc(NCCS(C)(=O)=O)c1=O. The molecule has 0 radical (unpaired) electrons. The van der Waals surface area contributed by atoms with Gasteiger partial charge in [0.1, 0.15) is 9.84 Å². The first-order valence-electron chi connectivity index (χ1n) is 5.41. The standard InChI is InChI=1S/C10H17N3O3S/c1-3-6-13-7-4-11-9(10(13)14)12-5-8-17(2,15)16/h4,7H,3,5-6,8H2,1-2H3,(H,11,12). The average molecular weight is 259 g/mol. The minimum atomic E-state index is -3.03. The van der Waals surface area contributed by atoms with E-state index in [-0.39, 0.29) is 23.7 Å². The van der Waals surface area contributed by atoms with Crippen molar-refractivity contribution in [2.24, 2.45) is 0 Å². The van der Waals surface area contributed by atoms with Crippen molar-refractivity contribution in [3.05, 3.63) is 22.7 Å². The van der Waals surface area contributed by atoms with E-state index in [0.717, 1.165) is 12.7 Å². The number of rotatable bonds is 6. The van der Waals surface area contributed by atoms with Crippen molar-refractivity contribution in [2.75, 3.05) is 23.9 Å². The molecule has 0 saturated carbocycles. The zero-order valence-corrected chi connectivity index (χ0v) is 10.8. The summed E-state index contributed by atoms with van der Waals surface area (Å²) < 4.78 is 23.4. The summed E-state index contributed by atoms with van der Waals surface area (Å²) in [5, 5.41) is 2.74. The van der Waals surface area contributed by atoms with Crippen LogP contribution >= 0.6 is 0 Å². The molecule has 96 valence electrons. The molecule has 0 fully saturated rings. The number of nitrogens with zero attached hydrogens (tertiary/aromatic N) is 2. The van der Waals surface area contributed by atoms with Gasteiger partial charge in [0.05, 0.1) is 5.75 Å². The number of aryl methyl sites for hydroxylation is 1. The van der Waals surface area contributed by atoms with Crippen LogP contribution in [0.5, 0.6) is 0 Å². The fourth-order valence-electron chi connectivity index (χ4n) is 1.34. The molecule has 0 saturated heterocycles. The fourth-order valence-corrected chi connectivity index (χ4v) is 1.81. The molecule has 17 heavy (non-hydrogen) atoms. The van der Waals surface area contributed by atoms with Crippen LogP contribution < -0.4 is 10.9 Å². The Hall–Kier alpha value is -1.37. The molecular weight excluding hydrogens is 242 g/mol. The van der Waals surface area contributed by atoms with Gasteiger partial charge in [-0.05, 0) is 6.42 Å². The molecular formula is C10H17N3O3S. The molecule has 0 amide bonds. The first kappa shape index (κ1) is 13.7. The van der Waals surface area contributed by atoms with E-state index < -0.39 is 9.84 Å². The third-order valence-electron chi connectivity index (χ3n) is 2.14. The van der Waals surface area contributed by atoms with Gasteiger partial charge in [-0.2, -0.15) is 0 Å². The van der Waals surface area contributed by atoms with Crippen LogP contribution in [0.3, 0.4) is 0 Å². The van der Waals surface area contributed by atoms with Crippen molar-refractivity contribution >= 4 is 15.7 Å². The molecule has 0 bridgehead atoms. The number of nitrogens with one attached hydrogen (secondary N) is 1. The Bertz CT molecular complexity index is 522. The molecule has 0 aliphatic heterocycles. The molecule has 0 unspecified atom stereocenters. The monoisotopic (exact) mass is 259 g/mol. The fraction of sp³-hybridized carbons (Fsp3) is 0.600. The summed E-state index contributed by atoms with van der Waals surface area (Å²) in [6, 6.07) is 0. The first-order chi connectivity index (χ1) is 7.94. The predicted octanol–water partition coefficient (Wildman–Crippen LogP) is 0.110. The van der Waals surface area contributed by atoms with E-state index in [1.807, 2.05) is 6.92 Å². The second-order valence-corrected chi connectivity index (χ2v) is 6.09. The normalized spacial score (nSPS) is 11.4. The molecule has 1 N–H and O–H groups in total. The van der Waals surface area contributed by atoms with Crippen LogP contribution in [0.1, 0.15) is 13.3 Å². The average Bonchev–Trinajstić information content (AvgIpc) is 2.22. The van der Waals surface area contributed by atoms with Crippen molar-refractivity contribution in [2.45, 2.75) is 19.9 Å². The molecule has 0 aromatic carbocycles. The lowest BCUT2D eigenvalue weighted by Crippen LogP contribution is -2.26. The minimum Gasteiger partial charge on any atom is -0.364 e. The highest BCUT2D eigenvalue weighted by Crippen LogP contribution is 1.94. The number of aromatic nitrogens is 2. The van der Waals surface area contributed by atoms with E-state index in [9.17, 15) is 13.2 Å². The predicted molar refractivity (Wildman–Crippen MR) is 67.0 cm³/mol. The molecule has 0 aliphatic rings. The van der Waals surface area contributed by atoms with Crippen LogP contribution in [0.4, 0.5) is 5.82 Å². The van der Waals surface area contributed by atoms with Crippen LogP contribution in [-0.2, 0) is 16.4 Å². The number of hydrogen-bond acceptors (Lipinski definition) is 5. The van der Waals surface area contributed by atoms with Gasteiger partial charge >= 0.3 is 0 Å². The molecule has 1 heterocycles. The van der Waals surface area contributed by atoms with Gasteiger partial charge < -0.3 is 9.88 Å². The van der Waals surface area contributed by atoms with Gasteiger partial charge in [0.2, 0.25) is 0 Å². The second-order valence-electron chi connectivity index (χ2n) is 3.83. The summed E-state index contributed by atoms with van der Waals surface area (Å²) in [6.07, 6.45) is 5.16. The van der Waals surface area contributed by atoms with E-state index in [4.69, 9.17) is 0 Å². The van der Waals surface area contributed by atoms with Crippen molar-refractivity contribution in [1.29, 1.82) is 0 Å². The van der Waals surface area contributed by atoms with E-state index in [1.165, 1.54) is 6.20 Å². The van der Waals surface area contributed by atoms with Gasteiger partial charge in [0.25, 0.3) is 5.56 Å². The third-order valence-corrected chi connectivity index (χ3v) is 3.09. The van der Waals surface area contributed by atoms with Crippen molar-refractivity contribution in [1.82, 2.24) is 9.55 Å². The Labute approximate surface area is 101 Å². The molecule has 1 aromatic rings. The Morgan fingerprint density at radius 1 is 1.47 bits per heavy atom. The summed E-state index contributed by atoms with van der Waals surface area (Å²) in [4.78, 5) is 15.7. The molecule has 0 atom stereocenters. The highest BCUT2D eigenvalue weighted by Gasteiger charge is 2.05. The van der Waals surface area contributed by atoms with Crippen molar-refractivity contribution in [3.63, 3.8) is 0 Å². The van der Waals surface area contributed by atoms with Crippen LogP contribution in [0, 0.1) is 0 Å². The maximum Gasteiger partial charge on any atom is 0.293 e. The molecule has 1 rings (SSSR count). The Morgan fingerprint density at radius 3 is 2.76 bits per heavy atom. The van der Waals surface area contributed by atoms with Gasteiger partial charge in [-0.15, -0.1) is 0 Å². The molecule has 0 aliphatic carbocycles. The topological polar surface area (TPSA) is 81.1 Å². The van der Waals surface area contributed by atoms with E-state index in [0.29, 0.717) is 6.54 Å². The number of hydrogen-bond donors (Lipinski definition) is 1. The van der Waals surface area contributed by atoms with E-state index in [1.54, 1.807) is 10.8 Å². The van der Waals surface area contributed by atoms with Gasteiger partial charge in [-0.25, -0.2) is 13.4 Å². The van der Waals surface area contributed by atoms with Gasteiger partial charge in [0.15, 0.2) is 5.82 Å². The smallest absolute Gasteiger partial charge is 0.293 e. The maximum atomic E-state index is 11.8. The Morgan fingerprint density at radius 2 is 2.18 bits per heavy atom. The highest BCUT2D eigenvalue weighted by molar-refractivity contribution is 7.90. The maximum absolute atomic E-state index is 11.8. The minimum absolute atomic E-state index is 0.0171. The third kappa shape index (κ3) is 4.56. The Balaban J connectivity index is 2.72. The first-order valence-corrected chi connectivity index (χ1v) is 7.47. The zero-order chi connectivity index (χ0) is 12.9. The summed E-state index contributed by atoms with van der Waals surface area (Å²) in [7, 11) is -3.03. The summed E-state index contributed by atoms with van der Waals surface area (Å²) >= 11 is 0. The highest BCUT2D eigenvalue weighted by atomic mass is 32.2. The van der Waals surface area contributed by atoms with Crippen LogP contribution in [0.15, 0.2) is 17.2 Å².